The summed E-state index contributed by atoms with van der Waals surface area (Å²) < 4.78 is 40.7. The highest BCUT2D eigenvalue weighted by Gasteiger charge is 2.20. The summed E-state index contributed by atoms with van der Waals surface area (Å²) in [6, 6.07) is 11.5. The number of amides is 1. The minimum atomic E-state index is -3.94. The van der Waals surface area contributed by atoms with Crippen molar-refractivity contribution in [2.75, 3.05) is 24.4 Å². The van der Waals surface area contributed by atoms with E-state index in [4.69, 9.17) is 0 Å². The van der Waals surface area contributed by atoms with Gasteiger partial charge in [-0.15, -0.1) is 0 Å². The molecule has 1 aliphatic rings. The smallest absolute Gasteiger partial charge is 0.261 e. The van der Waals surface area contributed by atoms with Crippen LogP contribution in [0, 0.1) is 5.82 Å². The molecular formula is C21H26FN3O3S. The third-order valence-electron chi connectivity index (χ3n) is 5.17. The van der Waals surface area contributed by atoms with Gasteiger partial charge in [0, 0.05) is 19.1 Å². The lowest BCUT2D eigenvalue weighted by Crippen LogP contribution is -2.42. The average molecular weight is 420 g/mol. The zero-order valence-corrected chi connectivity index (χ0v) is 17.2. The van der Waals surface area contributed by atoms with Gasteiger partial charge in [0.05, 0.1) is 16.1 Å². The summed E-state index contributed by atoms with van der Waals surface area (Å²) in [5.41, 5.74) is 0.422. The molecule has 156 valence electrons. The Morgan fingerprint density at radius 1 is 1.14 bits per heavy atom. The molecule has 0 aliphatic carbocycles. The van der Waals surface area contributed by atoms with Gasteiger partial charge in [-0.3, -0.25) is 14.4 Å². The van der Waals surface area contributed by atoms with E-state index in [1.165, 1.54) is 37.5 Å². The first kappa shape index (κ1) is 21.3. The van der Waals surface area contributed by atoms with Gasteiger partial charge in [-0.05, 0) is 62.7 Å². The lowest BCUT2D eigenvalue weighted by molar-refractivity contribution is 0.0939. The van der Waals surface area contributed by atoms with Gasteiger partial charge in [0.2, 0.25) is 0 Å². The monoisotopic (exact) mass is 419 g/mol. The Labute approximate surface area is 171 Å². The van der Waals surface area contributed by atoms with Gasteiger partial charge >= 0.3 is 0 Å². The summed E-state index contributed by atoms with van der Waals surface area (Å²) >= 11 is 0. The summed E-state index contributed by atoms with van der Waals surface area (Å²) in [5, 5.41) is 2.88. The van der Waals surface area contributed by atoms with Gasteiger partial charge in [-0.1, -0.05) is 18.6 Å². The van der Waals surface area contributed by atoms with Crippen LogP contribution >= 0.6 is 0 Å². The predicted molar refractivity (Wildman–Crippen MR) is 111 cm³/mol. The SMILES string of the molecule is CC1CCCCN1CCNC(=O)c1ccccc1NS(=O)(=O)c1ccc(F)cc1. The third-order valence-corrected chi connectivity index (χ3v) is 6.55. The number of nitrogens with one attached hydrogen (secondary N) is 2. The number of para-hydroxylation sites is 1. The molecule has 0 radical (unpaired) electrons. The van der Waals surface area contributed by atoms with Gasteiger partial charge < -0.3 is 5.32 Å². The Hall–Kier alpha value is -2.45. The minimum absolute atomic E-state index is 0.0757. The van der Waals surface area contributed by atoms with Crippen LogP contribution < -0.4 is 10.0 Å². The van der Waals surface area contributed by atoms with Crippen molar-refractivity contribution in [3.05, 3.63) is 59.9 Å². The van der Waals surface area contributed by atoms with E-state index in [0.717, 1.165) is 25.2 Å². The van der Waals surface area contributed by atoms with Crippen molar-refractivity contribution < 1.29 is 17.6 Å². The Bertz CT molecular complexity index is 948. The van der Waals surface area contributed by atoms with Crippen LogP contribution in [0.2, 0.25) is 0 Å². The molecule has 1 unspecified atom stereocenters. The average Bonchev–Trinajstić information content (AvgIpc) is 2.70. The predicted octanol–water partition coefficient (Wildman–Crippen LogP) is 3.23. The number of carbonyl (C=O) groups excluding carboxylic acids is 1. The molecule has 0 bridgehead atoms. The summed E-state index contributed by atoms with van der Waals surface area (Å²) in [7, 11) is -3.94. The van der Waals surface area contributed by atoms with Crippen molar-refractivity contribution in [1.29, 1.82) is 0 Å². The van der Waals surface area contributed by atoms with Gasteiger partial charge in [-0.25, -0.2) is 12.8 Å². The first-order valence-electron chi connectivity index (χ1n) is 9.76. The number of anilines is 1. The fourth-order valence-corrected chi connectivity index (χ4v) is 4.57. The Morgan fingerprint density at radius 2 is 1.86 bits per heavy atom. The van der Waals surface area contributed by atoms with Crippen LogP contribution in [0.3, 0.4) is 0 Å². The van der Waals surface area contributed by atoms with Crippen LogP contribution in [0.25, 0.3) is 0 Å². The first-order valence-corrected chi connectivity index (χ1v) is 11.2. The number of carbonyl (C=O) groups is 1. The number of rotatable bonds is 7. The van der Waals surface area contributed by atoms with Crippen LogP contribution in [-0.2, 0) is 10.0 Å². The fourth-order valence-electron chi connectivity index (χ4n) is 3.49. The molecule has 1 fully saturated rings. The van der Waals surface area contributed by atoms with E-state index in [1.54, 1.807) is 18.2 Å². The lowest BCUT2D eigenvalue weighted by Gasteiger charge is -2.33. The van der Waals surface area contributed by atoms with Crippen molar-refractivity contribution >= 4 is 21.6 Å². The van der Waals surface area contributed by atoms with E-state index < -0.39 is 15.8 Å². The maximum atomic E-state index is 13.1. The molecule has 8 heteroatoms. The molecule has 0 saturated carbocycles. The standard InChI is InChI=1S/C21H26FN3O3S/c1-16-6-4-5-14-25(16)15-13-23-21(26)19-7-2-3-8-20(19)24-29(27,28)18-11-9-17(22)10-12-18/h2-3,7-12,16,24H,4-6,13-15H2,1H3,(H,23,26). The van der Waals surface area contributed by atoms with Gasteiger partial charge in [0.15, 0.2) is 0 Å². The maximum absolute atomic E-state index is 13.1. The van der Waals surface area contributed by atoms with Crippen LogP contribution in [0.4, 0.5) is 10.1 Å². The van der Waals surface area contributed by atoms with E-state index in [-0.39, 0.29) is 22.1 Å². The number of piperidine rings is 1. The van der Waals surface area contributed by atoms with Crippen molar-refractivity contribution in [2.45, 2.75) is 37.1 Å². The molecule has 6 nitrogen and oxygen atoms in total. The van der Waals surface area contributed by atoms with E-state index >= 15 is 0 Å². The number of hydrogen-bond donors (Lipinski definition) is 2. The van der Waals surface area contributed by atoms with Crippen LogP contribution in [0.5, 0.6) is 0 Å². The van der Waals surface area contributed by atoms with Crippen molar-refractivity contribution in [3.8, 4) is 0 Å². The molecule has 0 spiro atoms. The summed E-state index contributed by atoms with van der Waals surface area (Å²) in [4.78, 5) is 14.9. The Morgan fingerprint density at radius 3 is 2.59 bits per heavy atom. The molecule has 29 heavy (non-hydrogen) atoms. The van der Waals surface area contributed by atoms with E-state index in [0.29, 0.717) is 12.6 Å². The zero-order chi connectivity index (χ0) is 20.9. The van der Waals surface area contributed by atoms with Gasteiger partial charge in [-0.2, -0.15) is 0 Å². The van der Waals surface area contributed by atoms with Crippen LogP contribution in [-0.4, -0.2) is 44.9 Å². The molecule has 2 aromatic rings. The number of halogens is 1. The topological polar surface area (TPSA) is 78.5 Å². The third kappa shape index (κ3) is 5.55. The molecule has 1 aliphatic heterocycles. The largest absolute Gasteiger partial charge is 0.351 e. The van der Waals surface area contributed by atoms with Gasteiger partial charge in [0.1, 0.15) is 5.82 Å². The number of nitrogens with zero attached hydrogens (tertiary/aromatic N) is 1. The van der Waals surface area contributed by atoms with Gasteiger partial charge in [0.25, 0.3) is 15.9 Å². The molecule has 2 aromatic carbocycles. The number of likely N-dealkylation sites (tertiary alicyclic amines) is 1. The molecule has 1 heterocycles. The molecule has 1 atom stereocenters. The quantitative estimate of drug-likeness (QED) is 0.722. The molecule has 1 amide bonds. The zero-order valence-electron chi connectivity index (χ0n) is 16.4. The van der Waals surface area contributed by atoms with Crippen LogP contribution in [0.15, 0.2) is 53.4 Å². The van der Waals surface area contributed by atoms with Crippen molar-refractivity contribution in [1.82, 2.24) is 10.2 Å². The fraction of sp³-hybridized carbons (Fsp3) is 0.381. The lowest BCUT2D eigenvalue weighted by atomic mass is 10.0. The molecular weight excluding hydrogens is 393 g/mol. The molecule has 1 saturated heterocycles. The Kier molecular flexibility index (Phi) is 6.87. The minimum Gasteiger partial charge on any atom is -0.351 e. The van der Waals surface area contributed by atoms with Crippen molar-refractivity contribution in [3.63, 3.8) is 0 Å². The second kappa shape index (κ2) is 9.37. The normalized spacial score (nSPS) is 17.7. The van der Waals surface area contributed by atoms with Crippen molar-refractivity contribution in [2.24, 2.45) is 0 Å². The Balaban J connectivity index is 1.66. The summed E-state index contributed by atoms with van der Waals surface area (Å²) in [5.74, 6) is -0.862. The highest BCUT2D eigenvalue weighted by atomic mass is 32.2. The van der Waals surface area contributed by atoms with E-state index in [9.17, 15) is 17.6 Å². The molecule has 2 N–H and O–H groups in total. The first-order chi connectivity index (χ1) is 13.9. The van der Waals surface area contributed by atoms with E-state index in [2.05, 4.69) is 21.9 Å². The second-order valence-electron chi connectivity index (χ2n) is 7.24. The summed E-state index contributed by atoms with van der Waals surface area (Å²) in [6.07, 6.45) is 3.58. The van der Waals surface area contributed by atoms with Crippen LogP contribution in [0.1, 0.15) is 36.5 Å². The molecule has 0 aromatic heterocycles. The second-order valence-corrected chi connectivity index (χ2v) is 8.92. The number of benzene rings is 2. The highest BCUT2D eigenvalue weighted by molar-refractivity contribution is 7.92. The van der Waals surface area contributed by atoms with E-state index in [1.807, 2.05) is 0 Å². The number of sulfonamides is 1. The maximum Gasteiger partial charge on any atom is 0.261 e. The number of hydrogen-bond acceptors (Lipinski definition) is 4. The molecule has 3 rings (SSSR count). The highest BCUT2D eigenvalue weighted by Crippen LogP contribution is 2.20. The summed E-state index contributed by atoms with van der Waals surface area (Å²) in [6.45, 7) is 4.48.